The lowest BCUT2D eigenvalue weighted by molar-refractivity contribution is -0.122. The maximum atomic E-state index is 11.7. The molecule has 5 nitrogen and oxygen atoms in total. The van der Waals surface area contributed by atoms with Gasteiger partial charge in [0.1, 0.15) is 0 Å². The molecule has 0 saturated heterocycles. The Hall–Kier alpha value is -1.36. The molecule has 94 valence electrons. The zero-order valence-corrected chi connectivity index (χ0v) is 10.7. The Morgan fingerprint density at radius 1 is 1.65 bits per heavy atom. The summed E-state index contributed by atoms with van der Waals surface area (Å²) in [6, 6.07) is 0.266. The van der Waals surface area contributed by atoms with Gasteiger partial charge in [-0.3, -0.25) is 9.48 Å². The quantitative estimate of drug-likeness (QED) is 0.782. The summed E-state index contributed by atoms with van der Waals surface area (Å²) in [6.07, 6.45) is 4.23. The van der Waals surface area contributed by atoms with Gasteiger partial charge in [-0.1, -0.05) is 0 Å². The summed E-state index contributed by atoms with van der Waals surface area (Å²) < 4.78 is 1.79. The van der Waals surface area contributed by atoms with Crippen molar-refractivity contribution in [2.24, 2.45) is 7.05 Å². The van der Waals surface area contributed by atoms with Crippen molar-refractivity contribution in [3.63, 3.8) is 0 Å². The second-order valence-electron chi connectivity index (χ2n) is 4.80. The second kappa shape index (κ2) is 4.87. The molecule has 1 aromatic rings. The van der Waals surface area contributed by atoms with Crippen LogP contribution in [0.15, 0.2) is 6.20 Å². The van der Waals surface area contributed by atoms with Crippen LogP contribution < -0.4 is 10.6 Å². The standard InChI is InChI=1S/C12H20N4O/c1-8-10(7-16(3)15-8)6-13-9(2)12(17)14-11-4-5-11/h7,9,11,13H,4-6H2,1-3H3,(H,14,17). The van der Waals surface area contributed by atoms with Crippen molar-refractivity contribution >= 4 is 5.91 Å². The predicted octanol–water partition coefficient (Wildman–Crippen LogP) is 0.485. The van der Waals surface area contributed by atoms with Crippen molar-refractivity contribution in [1.82, 2.24) is 20.4 Å². The van der Waals surface area contributed by atoms with E-state index in [1.807, 2.05) is 27.1 Å². The van der Waals surface area contributed by atoms with Crippen molar-refractivity contribution < 1.29 is 4.79 Å². The third kappa shape index (κ3) is 3.30. The van der Waals surface area contributed by atoms with Crippen LogP contribution in [-0.2, 0) is 18.4 Å². The van der Waals surface area contributed by atoms with Crippen LogP contribution in [0.1, 0.15) is 31.0 Å². The lowest BCUT2D eigenvalue weighted by Gasteiger charge is -2.13. The highest BCUT2D eigenvalue weighted by molar-refractivity contribution is 5.81. The van der Waals surface area contributed by atoms with E-state index in [-0.39, 0.29) is 11.9 Å². The van der Waals surface area contributed by atoms with E-state index in [1.165, 1.54) is 0 Å². The number of carbonyl (C=O) groups is 1. The van der Waals surface area contributed by atoms with E-state index in [0.717, 1.165) is 24.1 Å². The van der Waals surface area contributed by atoms with Crippen molar-refractivity contribution in [2.45, 2.75) is 45.3 Å². The molecule has 0 bridgehead atoms. The third-order valence-electron chi connectivity index (χ3n) is 3.03. The van der Waals surface area contributed by atoms with Gasteiger partial charge in [-0.15, -0.1) is 0 Å². The molecule has 1 aliphatic carbocycles. The fourth-order valence-corrected chi connectivity index (χ4v) is 1.73. The Bertz CT molecular complexity index is 409. The van der Waals surface area contributed by atoms with Gasteiger partial charge in [0.15, 0.2) is 0 Å². The molecular formula is C12H20N4O. The highest BCUT2D eigenvalue weighted by atomic mass is 16.2. The van der Waals surface area contributed by atoms with Crippen LogP contribution >= 0.6 is 0 Å². The maximum absolute atomic E-state index is 11.7. The summed E-state index contributed by atoms with van der Waals surface area (Å²) in [5.74, 6) is 0.0917. The highest BCUT2D eigenvalue weighted by Gasteiger charge is 2.25. The number of rotatable bonds is 5. The first-order valence-electron chi connectivity index (χ1n) is 6.09. The molecular weight excluding hydrogens is 216 g/mol. The summed E-state index contributed by atoms with van der Waals surface area (Å²) in [6.45, 7) is 4.55. The van der Waals surface area contributed by atoms with Crippen LogP contribution in [0.4, 0.5) is 0 Å². The average Bonchev–Trinajstić information content (AvgIpc) is 3.01. The first kappa shape index (κ1) is 12.1. The van der Waals surface area contributed by atoms with Crippen LogP contribution in [0.2, 0.25) is 0 Å². The molecule has 0 radical (unpaired) electrons. The molecule has 0 aliphatic heterocycles. The summed E-state index contributed by atoms with van der Waals surface area (Å²) in [5.41, 5.74) is 2.15. The minimum absolute atomic E-state index is 0.0917. The molecule has 5 heteroatoms. The van der Waals surface area contributed by atoms with E-state index >= 15 is 0 Å². The molecule has 0 aromatic carbocycles. The molecule has 1 atom stereocenters. The highest BCUT2D eigenvalue weighted by Crippen LogP contribution is 2.18. The van der Waals surface area contributed by atoms with Gasteiger partial charge in [0.2, 0.25) is 5.91 Å². The largest absolute Gasteiger partial charge is 0.352 e. The van der Waals surface area contributed by atoms with Crippen molar-refractivity contribution in [2.75, 3.05) is 0 Å². The van der Waals surface area contributed by atoms with E-state index < -0.39 is 0 Å². The SMILES string of the molecule is Cc1nn(C)cc1CNC(C)C(=O)NC1CC1. The fourth-order valence-electron chi connectivity index (χ4n) is 1.73. The third-order valence-corrected chi connectivity index (χ3v) is 3.03. The molecule has 1 saturated carbocycles. The molecule has 1 fully saturated rings. The topological polar surface area (TPSA) is 59.0 Å². The van der Waals surface area contributed by atoms with Crippen molar-refractivity contribution in [3.8, 4) is 0 Å². The molecule has 2 N–H and O–H groups in total. The number of nitrogens with zero attached hydrogens (tertiary/aromatic N) is 2. The van der Waals surface area contributed by atoms with E-state index in [4.69, 9.17) is 0 Å². The number of carbonyl (C=O) groups excluding carboxylic acids is 1. The Morgan fingerprint density at radius 3 is 2.88 bits per heavy atom. The van der Waals surface area contributed by atoms with Crippen LogP contribution in [0, 0.1) is 6.92 Å². The maximum Gasteiger partial charge on any atom is 0.237 e. The first-order valence-corrected chi connectivity index (χ1v) is 6.09. The van der Waals surface area contributed by atoms with Crippen molar-refractivity contribution in [1.29, 1.82) is 0 Å². The van der Waals surface area contributed by atoms with E-state index in [2.05, 4.69) is 15.7 Å². The Balaban J connectivity index is 1.80. The average molecular weight is 236 g/mol. The zero-order valence-electron chi connectivity index (χ0n) is 10.7. The number of amides is 1. The van der Waals surface area contributed by atoms with Gasteiger partial charge in [-0.2, -0.15) is 5.10 Å². The van der Waals surface area contributed by atoms with Crippen LogP contribution in [-0.4, -0.2) is 27.8 Å². The van der Waals surface area contributed by atoms with Crippen LogP contribution in [0.3, 0.4) is 0 Å². The number of nitrogens with one attached hydrogen (secondary N) is 2. The van der Waals surface area contributed by atoms with Crippen LogP contribution in [0.5, 0.6) is 0 Å². The number of aromatic nitrogens is 2. The van der Waals surface area contributed by atoms with Gasteiger partial charge in [-0.25, -0.2) is 0 Å². The van der Waals surface area contributed by atoms with Gasteiger partial charge in [0.25, 0.3) is 0 Å². The summed E-state index contributed by atoms with van der Waals surface area (Å²) >= 11 is 0. The molecule has 1 aliphatic rings. The van der Waals surface area contributed by atoms with Gasteiger partial charge >= 0.3 is 0 Å². The summed E-state index contributed by atoms with van der Waals surface area (Å²) in [4.78, 5) is 11.7. The monoisotopic (exact) mass is 236 g/mol. The molecule has 1 heterocycles. The molecule has 0 spiro atoms. The lowest BCUT2D eigenvalue weighted by atomic mass is 10.2. The minimum Gasteiger partial charge on any atom is -0.352 e. The van der Waals surface area contributed by atoms with E-state index in [9.17, 15) is 4.79 Å². The molecule has 17 heavy (non-hydrogen) atoms. The number of hydrogen-bond acceptors (Lipinski definition) is 3. The summed E-state index contributed by atoms with van der Waals surface area (Å²) in [7, 11) is 1.90. The fraction of sp³-hybridized carbons (Fsp3) is 0.667. The summed E-state index contributed by atoms with van der Waals surface area (Å²) in [5, 5.41) is 10.5. The van der Waals surface area contributed by atoms with Gasteiger partial charge in [0.05, 0.1) is 11.7 Å². The van der Waals surface area contributed by atoms with Gasteiger partial charge < -0.3 is 10.6 Å². The molecule has 1 amide bonds. The van der Waals surface area contributed by atoms with E-state index in [0.29, 0.717) is 12.6 Å². The smallest absolute Gasteiger partial charge is 0.237 e. The lowest BCUT2D eigenvalue weighted by Crippen LogP contribution is -2.42. The zero-order chi connectivity index (χ0) is 12.4. The molecule has 1 unspecified atom stereocenters. The Kier molecular flexibility index (Phi) is 3.47. The van der Waals surface area contributed by atoms with Crippen LogP contribution in [0.25, 0.3) is 0 Å². The number of hydrogen-bond donors (Lipinski definition) is 2. The first-order chi connectivity index (χ1) is 8.06. The minimum atomic E-state index is -0.157. The van der Waals surface area contributed by atoms with E-state index in [1.54, 1.807) is 4.68 Å². The molecule has 2 rings (SSSR count). The Labute approximate surface area is 102 Å². The van der Waals surface area contributed by atoms with Gasteiger partial charge in [-0.05, 0) is 26.7 Å². The normalized spacial score (nSPS) is 16.9. The van der Waals surface area contributed by atoms with Crippen molar-refractivity contribution in [3.05, 3.63) is 17.5 Å². The molecule has 1 aromatic heterocycles. The predicted molar refractivity (Wildman–Crippen MR) is 65.4 cm³/mol. The number of aryl methyl sites for hydroxylation is 2. The van der Waals surface area contributed by atoms with Gasteiger partial charge in [0, 0.05) is 31.4 Å². The Morgan fingerprint density at radius 2 is 2.35 bits per heavy atom. The second-order valence-corrected chi connectivity index (χ2v) is 4.80.